The van der Waals surface area contributed by atoms with Crippen molar-refractivity contribution in [2.45, 2.75) is 45.2 Å². The zero-order chi connectivity index (χ0) is 18.2. The van der Waals surface area contributed by atoms with E-state index in [1.54, 1.807) is 0 Å². The molecule has 0 atom stereocenters. The Morgan fingerprint density at radius 1 is 0.962 bits per heavy atom. The van der Waals surface area contributed by atoms with Crippen LogP contribution >= 0.6 is 11.3 Å². The van der Waals surface area contributed by atoms with Crippen molar-refractivity contribution in [3.63, 3.8) is 0 Å². The molecule has 0 aliphatic carbocycles. The Kier molecular flexibility index (Phi) is 6.97. The molecule has 138 valence electrons. The summed E-state index contributed by atoms with van der Waals surface area (Å²) < 4.78 is 0. The summed E-state index contributed by atoms with van der Waals surface area (Å²) >= 11 is 1.43. The SMILES string of the molecule is O=C(CCC(=O)c1cccs1)NCc1ccccc1CN1CCCCC1. The van der Waals surface area contributed by atoms with Crippen LogP contribution in [-0.4, -0.2) is 29.7 Å². The van der Waals surface area contributed by atoms with Crippen LogP contribution in [0.4, 0.5) is 0 Å². The van der Waals surface area contributed by atoms with Crippen molar-refractivity contribution in [3.05, 3.63) is 57.8 Å². The number of carbonyl (C=O) groups is 2. The van der Waals surface area contributed by atoms with Gasteiger partial charge in [-0.05, 0) is 48.5 Å². The van der Waals surface area contributed by atoms with Gasteiger partial charge in [0.1, 0.15) is 0 Å². The van der Waals surface area contributed by atoms with Gasteiger partial charge in [-0.3, -0.25) is 14.5 Å². The van der Waals surface area contributed by atoms with Gasteiger partial charge in [-0.15, -0.1) is 11.3 Å². The number of Topliss-reactive ketones (excluding diaryl/α,β-unsaturated/α-hetero) is 1. The molecule has 1 aliphatic heterocycles. The molecule has 1 saturated heterocycles. The molecule has 1 fully saturated rings. The Bertz CT molecular complexity index is 721. The number of rotatable bonds is 8. The van der Waals surface area contributed by atoms with E-state index in [1.165, 1.54) is 36.2 Å². The molecule has 1 amide bonds. The second-order valence-electron chi connectivity index (χ2n) is 6.78. The zero-order valence-corrected chi connectivity index (χ0v) is 15.9. The third kappa shape index (κ3) is 5.51. The number of ketones is 1. The van der Waals surface area contributed by atoms with Crippen LogP contribution in [0, 0.1) is 0 Å². The predicted octanol–water partition coefficient (Wildman–Crippen LogP) is 4.01. The normalized spacial score (nSPS) is 14.9. The van der Waals surface area contributed by atoms with Gasteiger partial charge in [-0.2, -0.15) is 0 Å². The van der Waals surface area contributed by atoms with E-state index in [0.29, 0.717) is 6.54 Å². The molecule has 0 spiro atoms. The first kappa shape index (κ1) is 18.8. The number of benzene rings is 1. The fourth-order valence-electron chi connectivity index (χ4n) is 3.31. The Morgan fingerprint density at radius 3 is 2.46 bits per heavy atom. The lowest BCUT2D eigenvalue weighted by Gasteiger charge is -2.27. The van der Waals surface area contributed by atoms with Gasteiger partial charge in [0.25, 0.3) is 0 Å². The Morgan fingerprint density at radius 2 is 1.73 bits per heavy atom. The number of amides is 1. The van der Waals surface area contributed by atoms with E-state index in [9.17, 15) is 9.59 Å². The molecule has 1 N–H and O–H groups in total. The molecule has 1 aromatic carbocycles. The fraction of sp³-hybridized carbons (Fsp3) is 0.429. The summed E-state index contributed by atoms with van der Waals surface area (Å²) in [6.07, 6.45) is 4.39. The van der Waals surface area contributed by atoms with E-state index in [0.717, 1.165) is 30.1 Å². The van der Waals surface area contributed by atoms with Crippen LogP contribution in [0.5, 0.6) is 0 Å². The number of nitrogens with zero attached hydrogens (tertiary/aromatic N) is 1. The number of piperidine rings is 1. The van der Waals surface area contributed by atoms with Crippen molar-refractivity contribution in [1.29, 1.82) is 0 Å². The lowest BCUT2D eigenvalue weighted by atomic mass is 10.0. The van der Waals surface area contributed by atoms with Crippen molar-refractivity contribution in [1.82, 2.24) is 10.2 Å². The smallest absolute Gasteiger partial charge is 0.220 e. The molecule has 26 heavy (non-hydrogen) atoms. The topological polar surface area (TPSA) is 49.4 Å². The number of carbonyl (C=O) groups excluding carboxylic acids is 2. The average molecular weight is 371 g/mol. The van der Waals surface area contributed by atoms with Crippen molar-refractivity contribution in [3.8, 4) is 0 Å². The zero-order valence-electron chi connectivity index (χ0n) is 15.1. The molecule has 5 heteroatoms. The molecule has 2 aromatic rings. The van der Waals surface area contributed by atoms with E-state index < -0.39 is 0 Å². The summed E-state index contributed by atoms with van der Waals surface area (Å²) in [6, 6.07) is 12.0. The summed E-state index contributed by atoms with van der Waals surface area (Å²) in [5.41, 5.74) is 2.44. The Balaban J connectivity index is 1.47. The largest absolute Gasteiger partial charge is 0.352 e. The van der Waals surface area contributed by atoms with Crippen LogP contribution in [0.3, 0.4) is 0 Å². The number of thiophene rings is 1. The lowest BCUT2D eigenvalue weighted by molar-refractivity contribution is -0.121. The first-order valence-electron chi connectivity index (χ1n) is 9.35. The van der Waals surface area contributed by atoms with E-state index in [-0.39, 0.29) is 24.5 Å². The van der Waals surface area contributed by atoms with Gasteiger partial charge in [-0.25, -0.2) is 0 Å². The summed E-state index contributed by atoms with van der Waals surface area (Å²) in [5.74, 6) is -0.0247. The van der Waals surface area contributed by atoms with Gasteiger partial charge in [-0.1, -0.05) is 36.8 Å². The summed E-state index contributed by atoms with van der Waals surface area (Å²) in [4.78, 5) is 27.3. The van der Waals surface area contributed by atoms with Crippen LogP contribution in [-0.2, 0) is 17.9 Å². The van der Waals surface area contributed by atoms with Crippen LogP contribution in [0.2, 0.25) is 0 Å². The molecular formula is C21H26N2O2S. The highest BCUT2D eigenvalue weighted by Gasteiger charge is 2.13. The van der Waals surface area contributed by atoms with Crippen LogP contribution in [0.1, 0.15) is 52.9 Å². The minimum atomic E-state index is -0.0670. The number of likely N-dealkylation sites (tertiary alicyclic amines) is 1. The van der Waals surface area contributed by atoms with E-state index in [1.807, 2.05) is 23.6 Å². The second kappa shape index (κ2) is 9.64. The highest BCUT2D eigenvalue weighted by molar-refractivity contribution is 7.12. The van der Waals surface area contributed by atoms with Gasteiger partial charge >= 0.3 is 0 Å². The third-order valence-electron chi connectivity index (χ3n) is 4.81. The maximum atomic E-state index is 12.1. The van der Waals surface area contributed by atoms with Crippen molar-refractivity contribution < 1.29 is 9.59 Å². The standard InChI is InChI=1S/C21H26N2O2S/c24-19(20-9-6-14-26-20)10-11-21(25)22-15-17-7-2-3-8-18(17)16-23-12-4-1-5-13-23/h2-3,6-9,14H,1,4-5,10-13,15-16H2,(H,22,25). The molecular weight excluding hydrogens is 344 g/mol. The van der Waals surface area contributed by atoms with E-state index >= 15 is 0 Å². The van der Waals surface area contributed by atoms with Gasteiger partial charge in [0.2, 0.25) is 5.91 Å². The number of hydrogen-bond donors (Lipinski definition) is 1. The Labute approximate surface area is 159 Å². The minimum Gasteiger partial charge on any atom is -0.352 e. The highest BCUT2D eigenvalue weighted by atomic mass is 32.1. The van der Waals surface area contributed by atoms with E-state index in [4.69, 9.17) is 0 Å². The first-order chi connectivity index (χ1) is 12.7. The molecule has 0 saturated carbocycles. The summed E-state index contributed by atoms with van der Waals surface area (Å²) in [5, 5.41) is 4.85. The molecule has 1 aromatic heterocycles. The monoisotopic (exact) mass is 370 g/mol. The molecule has 0 unspecified atom stereocenters. The van der Waals surface area contributed by atoms with Gasteiger partial charge in [0.15, 0.2) is 5.78 Å². The number of nitrogens with one attached hydrogen (secondary N) is 1. The molecule has 3 rings (SSSR count). The summed E-state index contributed by atoms with van der Waals surface area (Å²) in [6.45, 7) is 3.79. The number of hydrogen-bond acceptors (Lipinski definition) is 4. The second-order valence-corrected chi connectivity index (χ2v) is 7.73. The predicted molar refractivity (Wildman–Crippen MR) is 105 cm³/mol. The minimum absolute atomic E-state index is 0.0423. The molecule has 0 radical (unpaired) electrons. The summed E-state index contributed by atoms with van der Waals surface area (Å²) in [7, 11) is 0. The third-order valence-corrected chi connectivity index (χ3v) is 5.72. The van der Waals surface area contributed by atoms with Crippen LogP contribution in [0.25, 0.3) is 0 Å². The maximum absolute atomic E-state index is 12.1. The molecule has 0 bridgehead atoms. The Hall–Kier alpha value is -1.98. The lowest BCUT2D eigenvalue weighted by Crippen LogP contribution is -2.30. The average Bonchev–Trinajstić information content (AvgIpc) is 3.21. The van der Waals surface area contributed by atoms with Gasteiger partial charge in [0, 0.05) is 25.9 Å². The van der Waals surface area contributed by atoms with Crippen molar-refractivity contribution >= 4 is 23.0 Å². The molecule has 2 heterocycles. The fourth-order valence-corrected chi connectivity index (χ4v) is 4.01. The highest BCUT2D eigenvalue weighted by Crippen LogP contribution is 2.16. The molecule has 4 nitrogen and oxygen atoms in total. The van der Waals surface area contributed by atoms with Crippen molar-refractivity contribution in [2.24, 2.45) is 0 Å². The quantitative estimate of drug-likeness (QED) is 0.714. The van der Waals surface area contributed by atoms with Crippen LogP contribution < -0.4 is 5.32 Å². The van der Waals surface area contributed by atoms with Gasteiger partial charge < -0.3 is 5.32 Å². The van der Waals surface area contributed by atoms with Crippen LogP contribution in [0.15, 0.2) is 41.8 Å². The van der Waals surface area contributed by atoms with Crippen molar-refractivity contribution in [2.75, 3.05) is 13.1 Å². The maximum Gasteiger partial charge on any atom is 0.220 e. The van der Waals surface area contributed by atoms with E-state index in [2.05, 4.69) is 28.4 Å². The van der Waals surface area contributed by atoms with Gasteiger partial charge in [0.05, 0.1) is 4.88 Å². The first-order valence-corrected chi connectivity index (χ1v) is 10.2. The molecule has 1 aliphatic rings.